The molecule has 7 nitrogen and oxygen atoms in total. The number of hydrogen-bond donors (Lipinski definition) is 2. The Morgan fingerprint density at radius 2 is 1.72 bits per heavy atom. The van der Waals surface area contributed by atoms with Crippen molar-refractivity contribution in [2.45, 2.75) is 77.9 Å². The summed E-state index contributed by atoms with van der Waals surface area (Å²) in [6, 6.07) is 14.9. The molecule has 2 aliphatic rings. The highest BCUT2D eigenvalue weighted by Gasteiger charge is 2.52. The smallest absolute Gasteiger partial charge is 0.305 e. The summed E-state index contributed by atoms with van der Waals surface area (Å²) in [6.45, 7) is 9.02. The third-order valence-corrected chi connectivity index (χ3v) is 8.73. The van der Waals surface area contributed by atoms with Crippen LogP contribution in [0.25, 0.3) is 0 Å². The highest BCUT2D eigenvalue weighted by atomic mass is 79.9. The van der Waals surface area contributed by atoms with Gasteiger partial charge in [-0.1, -0.05) is 67.9 Å². The van der Waals surface area contributed by atoms with E-state index in [9.17, 15) is 14.4 Å². The maximum absolute atomic E-state index is 14.1. The van der Waals surface area contributed by atoms with Gasteiger partial charge in [0.15, 0.2) is 0 Å². The average Bonchev–Trinajstić information content (AvgIpc) is 3.16. The molecule has 4 rings (SSSR count). The van der Waals surface area contributed by atoms with E-state index in [1.807, 2.05) is 41.3 Å². The molecule has 1 spiro atoms. The van der Waals surface area contributed by atoms with Crippen LogP contribution in [0, 0.1) is 11.3 Å². The first-order valence-corrected chi connectivity index (χ1v) is 14.5. The highest BCUT2D eigenvalue weighted by molar-refractivity contribution is 9.10. The van der Waals surface area contributed by atoms with Gasteiger partial charge in [-0.2, -0.15) is 0 Å². The lowest BCUT2D eigenvalue weighted by atomic mass is 9.69. The van der Waals surface area contributed by atoms with Crippen molar-refractivity contribution in [2.75, 3.05) is 6.54 Å². The fraction of sp³-hybridized carbons (Fsp3) is 0.484. The Labute approximate surface area is 239 Å². The fourth-order valence-corrected chi connectivity index (χ4v) is 6.21. The first-order valence-electron chi connectivity index (χ1n) is 13.7. The Balaban J connectivity index is 1.64. The van der Waals surface area contributed by atoms with E-state index in [2.05, 4.69) is 48.9 Å². The van der Waals surface area contributed by atoms with Crippen LogP contribution in [0.15, 0.2) is 58.0 Å². The van der Waals surface area contributed by atoms with E-state index in [-0.39, 0.29) is 36.2 Å². The molecule has 1 unspecified atom stereocenters. The van der Waals surface area contributed by atoms with Crippen molar-refractivity contribution < 1.29 is 19.5 Å². The lowest BCUT2D eigenvalue weighted by Gasteiger charge is -2.47. The molecule has 39 heavy (non-hydrogen) atoms. The number of carbonyl (C=O) groups is 3. The van der Waals surface area contributed by atoms with Gasteiger partial charge < -0.3 is 15.3 Å². The summed E-state index contributed by atoms with van der Waals surface area (Å²) < 4.78 is 0.952. The van der Waals surface area contributed by atoms with Crippen molar-refractivity contribution in [3.05, 3.63) is 69.7 Å². The lowest BCUT2D eigenvalue weighted by Crippen LogP contribution is -2.51. The van der Waals surface area contributed by atoms with Gasteiger partial charge in [0.25, 0.3) is 11.8 Å². The summed E-state index contributed by atoms with van der Waals surface area (Å²) in [5.41, 5.74) is 2.37. The molecule has 1 atom stereocenters. The average molecular weight is 597 g/mol. The second kappa shape index (κ2) is 11.6. The quantitative estimate of drug-likeness (QED) is 0.370. The molecule has 1 aliphatic carbocycles. The number of aliphatic carboxylic acids is 1. The number of carbonyl (C=O) groups excluding carboxylic acids is 2. The van der Waals surface area contributed by atoms with Crippen LogP contribution < -0.4 is 5.32 Å². The van der Waals surface area contributed by atoms with E-state index >= 15 is 0 Å². The predicted octanol–water partition coefficient (Wildman–Crippen LogP) is 6.37. The zero-order valence-corrected chi connectivity index (χ0v) is 24.8. The summed E-state index contributed by atoms with van der Waals surface area (Å²) >= 11 is 3.49. The van der Waals surface area contributed by atoms with Crippen molar-refractivity contribution in [1.29, 1.82) is 0 Å². The standard InChI is InChI=1S/C31H38BrN3O4/c1-5-25(20-6-8-22(9-7-20)28(38)33-19-16-26(36)37)35-29(39)27(21-10-12-24(32)13-11-21)34-31(35)17-14-23(15-18-31)30(2,3)4/h6-13,23,25H,5,14-19H2,1-4H3,(H,33,38)(H,36,37). The molecule has 1 aliphatic heterocycles. The van der Waals surface area contributed by atoms with Crippen LogP contribution in [0.5, 0.6) is 0 Å². The van der Waals surface area contributed by atoms with Gasteiger partial charge in [-0.15, -0.1) is 0 Å². The minimum Gasteiger partial charge on any atom is -0.481 e. The molecule has 1 heterocycles. The third kappa shape index (κ3) is 6.26. The minimum atomic E-state index is -0.957. The number of carboxylic acids is 1. The zero-order valence-electron chi connectivity index (χ0n) is 23.2. The molecule has 2 amide bonds. The summed E-state index contributed by atoms with van der Waals surface area (Å²) in [5.74, 6) is -0.743. The lowest BCUT2D eigenvalue weighted by molar-refractivity contribution is -0.137. The second-order valence-electron chi connectivity index (χ2n) is 11.7. The second-order valence-corrected chi connectivity index (χ2v) is 12.6. The van der Waals surface area contributed by atoms with E-state index in [4.69, 9.17) is 10.1 Å². The van der Waals surface area contributed by atoms with Crippen LogP contribution in [0.4, 0.5) is 0 Å². The Morgan fingerprint density at radius 1 is 1.10 bits per heavy atom. The molecule has 8 heteroatoms. The predicted molar refractivity (Wildman–Crippen MR) is 156 cm³/mol. The molecule has 0 bridgehead atoms. The van der Waals surface area contributed by atoms with E-state index in [1.54, 1.807) is 12.1 Å². The maximum Gasteiger partial charge on any atom is 0.305 e. The van der Waals surface area contributed by atoms with Crippen molar-refractivity contribution in [1.82, 2.24) is 10.2 Å². The van der Waals surface area contributed by atoms with Crippen LogP contribution >= 0.6 is 15.9 Å². The third-order valence-electron chi connectivity index (χ3n) is 8.20. The first-order chi connectivity index (χ1) is 18.4. The van der Waals surface area contributed by atoms with Crippen molar-refractivity contribution in [3.8, 4) is 0 Å². The van der Waals surface area contributed by atoms with Gasteiger partial charge in [-0.3, -0.25) is 19.4 Å². The number of aliphatic imine (C=N–C) groups is 1. The summed E-state index contributed by atoms with van der Waals surface area (Å²) in [7, 11) is 0. The SMILES string of the molecule is CCC(c1ccc(C(=O)NCCC(=O)O)cc1)N1C(=O)C(c2ccc(Br)cc2)=NC12CCC(C(C)(C)C)CC2. The normalized spacial score (nSPS) is 22.1. The number of halogens is 1. The van der Waals surface area contributed by atoms with Crippen molar-refractivity contribution in [3.63, 3.8) is 0 Å². The molecule has 1 saturated carbocycles. The Bertz CT molecular complexity index is 1240. The van der Waals surface area contributed by atoms with Gasteiger partial charge in [0.2, 0.25) is 0 Å². The van der Waals surface area contributed by atoms with E-state index in [0.717, 1.165) is 41.3 Å². The highest BCUT2D eigenvalue weighted by Crippen LogP contribution is 2.49. The summed E-state index contributed by atoms with van der Waals surface area (Å²) in [4.78, 5) is 44.6. The molecular formula is C31H38BrN3O4. The molecule has 0 radical (unpaired) electrons. The van der Waals surface area contributed by atoms with Gasteiger partial charge in [0, 0.05) is 22.1 Å². The molecule has 2 N–H and O–H groups in total. The van der Waals surface area contributed by atoms with E-state index in [0.29, 0.717) is 23.6 Å². The number of nitrogens with one attached hydrogen (secondary N) is 1. The van der Waals surface area contributed by atoms with Gasteiger partial charge in [-0.05, 0) is 73.3 Å². The maximum atomic E-state index is 14.1. The monoisotopic (exact) mass is 595 g/mol. The number of amides is 2. The minimum absolute atomic E-state index is 0.0473. The van der Waals surface area contributed by atoms with Crippen LogP contribution in [0.2, 0.25) is 0 Å². The van der Waals surface area contributed by atoms with Gasteiger partial charge in [-0.25, -0.2) is 0 Å². The summed E-state index contributed by atoms with van der Waals surface area (Å²) in [6.07, 6.45) is 4.25. The Kier molecular flexibility index (Phi) is 8.64. The Morgan fingerprint density at radius 3 is 2.26 bits per heavy atom. The van der Waals surface area contributed by atoms with Gasteiger partial charge in [0.05, 0.1) is 12.5 Å². The number of nitrogens with zero attached hydrogens (tertiary/aromatic N) is 2. The number of rotatable bonds is 8. The Hall–Kier alpha value is -3.00. The summed E-state index contributed by atoms with van der Waals surface area (Å²) in [5, 5.41) is 11.5. The number of benzene rings is 2. The molecule has 1 fully saturated rings. The molecule has 208 valence electrons. The number of hydrogen-bond acceptors (Lipinski definition) is 4. The van der Waals surface area contributed by atoms with Crippen LogP contribution in [0.3, 0.4) is 0 Å². The zero-order chi connectivity index (χ0) is 28.4. The van der Waals surface area contributed by atoms with Crippen LogP contribution in [-0.4, -0.2) is 45.7 Å². The van der Waals surface area contributed by atoms with Crippen LogP contribution in [-0.2, 0) is 9.59 Å². The largest absolute Gasteiger partial charge is 0.481 e. The molecule has 0 saturated heterocycles. The van der Waals surface area contributed by atoms with Gasteiger partial charge >= 0.3 is 5.97 Å². The van der Waals surface area contributed by atoms with Crippen molar-refractivity contribution in [2.24, 2.45) is 16.3 Å². The molecule has 0 aromatic heterocycles. The molecule has 2 aromatic carbocycles. The number of carboxylic acid groups (broad SMARTS) is 1. The molecular weight excluding hydrogens is 558 g/mol. The fourth-order valence-electron chi connectivity index (χ4n) is 5.95. The topological polar surface area (TPSA) is 99.1 Å². The van der Waals surface area contributed by atoms with E-state index in [1.165, 1.54) is 0 Å². The first kappa shape index (κ1) is 29.0. The van der Waals surface area contributed by atoms with E-state index < -0.39 is 11.6 Å². The molecule has 2 aromatic rings. The van der Waals surface area contributed by atoms with Crippen LogP contribution in [0.1, 0.15) is 93.7 Å². The van der Waals surface area contributed by atoms with Crippen molar-refractivity contribution >= 4 is 39.4 Å². The van der Waals surface area contributed by atoms with Gasteiger partial charge in [0.1, 0.15) is 11.4 Å².